The number of fused-ring (bicyclic) bond motifs is 1. The SMILES string of the molecule is CC(CN)(NC(=O)c1ccc2c(c1)NC(=O)CCS2)C1CC1.Cl. The Morgan fingerprint density at radius 1 is 1.48 bits per heavy atom. The molecule has 3 rings (SSSR count). The van der Waals surface area contributed by atoms with Crippen molar-refractivity contribution in [3.63, 3.8) is 0 Å². The van der Waals surface area contributed by atoms with E-state index in [2.05, 4.69) is 10.6 Å². The summed E-state index contributed by atoms with van der Waals surface area (Å²) in [6, 6.07) is 5.46. The molecule has 0 aromatic heterocycles. The molecule has 2 aliphatic rings. The van der Waals surface area contributed by atoms with Crippen molar-refractivity contribution < 1.29 is 9.59 Å². The van der Waals surface area contributed by atoms with Gasteiger partial charge < -0.3 is 16.4 Å². The van der Waals surface area contributed by atoms with Gasteiger partial charge in [0.05, 0.1) is 11.2 Å². The van der Waals surface area contributed by atoms with Crippen molar-refractivity contribution in [1.29, 1.82) is 0 Å². The molecule has 1 fully saturated rings. The molecule has 5 nitrogen and oxygen atoms in total. The largest absolute Gasteiger partial charge is 0.345 e. The molecule has 0 spiro atoms. The number of amides is 2. The van der Waals surface area contributed by atoms with Crippen molar-refractivity contribution in [2.45, 2.75) is 36.6 Å². The molecule has 0 radical (unpaired) electrons. The number of rotatable bonds is 4. The van der Waals surface area contributed by atoms with E-state index in [0.29, 0.717) is 24.4 Å². The summed E-state index contributed by atoms with van der Waals surface area (Å²) in [5.41, 5.74) is 6.78. The Balaban J connectivity index is 0.00000192. The zero-order valence-electron chi connectivity index (χ0n) is 13.1. The molecule has 1 aliphatic carbocycles. The number of hydrogen-bond donors (Lipinski definition) is 3. The van der Waals surface area contributed by atoms with Crippen LogP contribution >= 0.6 is 24.2 Å². The highest BCUT2D eigenvalue weighted by atomic mass is 35.5. The molecule has 0 saturated heterocycles. The van der Waals surface area contributed by atoms with E-state index >= 15 is 0 Å². The minimum atomic E-state index is -0.345. The third kappa shape index (κ3) is 4.00. The molecule has 1 atom stereocenters. The van der Waals surface area contributed by atoms with Crippen LogP contribution < -0.4 is 16.4 Å². The molecular formula is C16H22ClN3O2S. The fourth-order valence-electron chi connectivity index (χ4n) is 2.73. The molecule has 1 saturated carbocycles. The summed E-state index contributed by atoms with van der Waals surface area (Å²) in [6.45, 7) is 2.44. The van der Waals surface area contributed by atoms with Crippen LogP contribution in [0.1, 0.15) is 36.5 Å². The molecular weight excluding hydrogens is 334 g/mol. The number of carbonyl (C=O) groups excluding carboxylic acids is 2. The van der Waals surface area contributed by atoms with Gasteiger partial charge in [-0.2, -0.15) is 0 Å². The van der Waals surface area contributed by atoms with Gasteiger partial charge in [-0.15, -0.1) is 24.2 Å². The Morgan fingerprint density at radius 2 is 2.22 bits per heavy atom. The van der Waals surface area contributed by atoms with Crippen molar-refractivity contribution >= 4 is 41.7 Å². The third-order valence-electron chi connectivity index (χ3n) is 4.40. The van der Waals surface area contributed by atoms with Crippen LogP contribution in [0.25, 0.3) is 0 Å². The summed E-state index contributed by atoms with van der Waals surface area (Å²) in [5.74, 6) is 1.09. The van der Waals surface area contributed by atoms with E-state index in [-0.39, 0.29) is 29.8 Å². The molecule has 4 N–H and O–H groups in total. The van der Waals surface area contributed by atoms with Crippen LogP contribution in [0.5, 0.6) is 0 Å². The first-order valence-electron chi connectivity index (χ1n) is 7.61. The van der Waals surface area contributed by atoms with Crippen LogP contribution in [0.3, 0.4) is 0 Å². The van der Waals surface area contributed by atoms with Crippen molar-refractivity contribution in [1.82, 2.24) is 5.32 Å². The normalized spacial score (nSPS) is 19.5. The molecule has 1 aromatic rings. The Labute approximate surface area is 146 Å². The molecule has 1 heterocycles. The van der Waals surface area contributed by atoms with Gasteiger partial charge in [0, 0.05) is 29.2 Å². The molecule has 0 bridgehead atoms. The van der Waals surface area contributed by atoms with Crippen molar-refractivity contribution in [3.8, 4) is 0 Å². The van der Waals surface area contributed by atoms with E-state index in [1.807, 2.05) is 19.1 Å². The molecule has 23 heavy (non-hydrogen) atoms. The van der Waals surface area contributed by atoms with Gasteiger partial charge in [0.25, 0.3) is 5.91 Å². The first-order chi connectivity index (χ1) is 10.5. The maximum absolute atomic E-state index is 12.5. The summed E-state index contributed by atoms with van der Waals surface area (Å²) in [5, 5.41) is 5.94. The van der Waals surface area contributed by atoms with Crippen molar-refractivity contribution in [3.05, 3.63) is 23.8 Å². The number of anilines is 1. The lowest BCUT2D eigenvalue weighted by Crippen LogP contribution is -2.53. The van der Waals surface area contributed by atoms with Crippen LogP contribution in [0.2, 0.25) is 0 Å². The summed E-state index contributed by atoms with van der Waals surface area (Å²) in [6.07, 6.45) is 2.73. The van der Waals surface area contributed by atoms with Gasteiger partial charge in [0.2, 0.25) is 5.91 Å². The zero-order valence-corrected chi connectivity index (χ0v) is 14.7. The second-order valence-corrected chi connectivity index (χ2v) is 7.34. The lowest BCUT2D eigenvalue weighted by molar-refractivity contribution is -0.115. The summed E-state index contributed by atoms with van der Waals surface area (Å²) < 4.78 is 0. The molecule has 2 amide bonds. The van der Waals surface area contributed by atoms with Gasteiger partial charge in [0.1, 0.15) is 0 Å². The predicted molar refractivity (Wildman–Crippen MR) is 95.3 cm³/mol. The lowest BCUT2D eigenvalue weighted by Gasteiger charge is -2.29. The van der Waals surface area contributed by atoms with E-state index in [1.54, 1.807) is 17.8 Å². The van der Waals surface area contributed by atoms with Gasteiger partial charge >= 0.3 is 0 Å². The zero-order chi connectivity index (χ0) is 15.7. The first kappa shape index (κ1) is 18.1. The van der Waals surface area contributed by atoms with Gasteiger partial charge in [0.15, 0.2) is 0 Å². The van der Waals surface area contributed by atoms with E-state index in [4.69, 9.17) is 5.73 Å². The van der Waals surface area contributed by atoms with E-state index in [9.17, 15) is 9.59 Å². The number of nitrogens with one attached hydrogen (secondary N) is 2. The molecule has 1 unspecified atom stereocenters. The Kier molecular flexibility index (Phi) is 5.60. The molecule has 1 aromatic carbocycles. The number of benzene rings is 1. The van der Waals surface area contributed by atoms with Crippen LogP contribution in [0.4, 0.5) is 5.69 Å². The fraction of sp³-hybridized carbons (Fsp3) is 0.500. The van der Waals surface area contributed by atoms with E-state index in [0.717, 1.165) is 29.2 Å². The fourth-order valence-corrected chi connectivity index (χ4v) is 3.67. The molecule has 126 valence electrons. The molecule has 1 aliphatic heterocycles. The van der Waals surface area contributed by atoms with Crippen LogP contribution in [0.15, 0.2) is 23.1 Å². The molecule has 7 heteroatoms. The monoisotopic (exact) mass is 355 g/mol. The summed E-state index contributed by atoms with van der Waals surface area (Å²) in [7, 11) is 0. The minimum Gasteiger partial charge on any atom is -0.345 e. The summed E-state index contributed by atoms with van der Waals surface area (Å²) in [4.78, 5) is 25.2. The number of halogens is 1. The minimum absolute atomic E-state index is 0. The number of nitrogens with two attached hydrogens (primary N) is 1. The first-order valence-corrected chi connectivity index (χ1v) is 8.60. The highest BCUT2D eigenvalue weighted by Gasteiger charge is 2.41. The Bertz CT molecular complexity index is 621. The van der Waals surface area contributed by atoms with Gasteiger partial charge in [-0.3, -0.25) is 9.59 Å². The summed E-state index contributed by atoms with van der Waals surface area (Å²) >= 11 is 1.63. The quantitative estimate of drug-likeness (QED) is 0.774. The Hall–Kier alpha value is -1.24. The van der Waals surface area contributed by atoms with Crippen LogP contribution in [0, 0.1) is 5.92 Å². The van der Waals surface area contributed by atoms with Gasteiger partial charge in [-0.05, 0) is 43.9 Å². The Morgan fingerprint density at radius 3 is 2.87 bits per heavy atom. The van der Waals surface area contributed by atoms with Crippen molar-refractivity contribution in [2.75, 3.05) is 17.6 Å². The number of thioether (sulfide) groups is 1. The standard InChI is InChI=1S/C16H21N3O2S.ClH/c1-16(9-17,11-3-4-11)19-15(21)10-2-5-13-12(8-10)18-14(20)6-7-22-13;/h2,5,8,11H,3-4,6-7,9,17H2,1H3,(H,18,20)(H,19,21);1H. The highest BCUT2D eigenvalue weighted by Crippen LogP contribution is 2.39. The average Bonchev–Trinajstić information content (AvgIpc) is 3.33. The van der Waals surface area contributed by atoms with E-state index < -0.39 is 0 Å². The van der Waals surface area contributed by atoms with Crippen LogP contribution in [-0.2, 0) is 4.79 Å². The predicted octanol–water partition coefficient (Wildman–Crippen LogP) is 2.40. The lowest BCUT2D eigenvalue weighted by atomic mass is 9.95. The van der Waals surface area contributed by atoms with Gasteiger partial charge in [-0.25, -0.2) is 0 Å². The highest BCUT2D eigenvalue weighted by molar-refractivity contribution is 7.99. The van der Waals surface area contributed by atoms with Crippen molar-refractivity contribution in [2.24, 2.45) is 11.7 Å². The van der Waals surface area contributed by atoms with E-state index in [1.165, 1.54) is 0 Å². The topological polar surface area (TPSA) is 84.2 Å². The maximum atomic E-state index is 12.5. The maximum Gasteiger partial charge on any atom is 0.251 e. The number of carbonyl (C=O) groups is 2. The smallest absolute Gasteiger partial charge is 0.251 e. The third-order valence-corrected chi connectivity index (χ3v) is 5.48. The second-order valence-electron chi connectivity index (χ2n) is 6.21. The average molecular weight is 356 g/mol. The van der Waals surface area contributed by atoms with Gasteiger partial charge in [-0.1, -0.05) is 0 Å². The number of hydrogen-bond acceptors (Lipinski definition) is 4. The second kappa shape index (κ2) is 7.11. The van der Waals surface area contributed by atoms with Crippen LogP contribution in [-0.4, -0.2) is 29.7 Å².